The fraction of sp³-hybridized carbons (Fsp3) is 0.350. The quantitative estimate of drug-likeness (QED) is 0.440. The van der Waals surface area contributed by atoms with Gasteiger partial charge in [-0.25, -0.2) is 14.6 Å². The molecule has 0 saturated carbocycles. The molecule has 11 heteroatoms. The molecular weight excluding hydrogens is 440 g/mol. The van der Waals surface area contributed by atoms with Crippen molar-refractivity contribution < 1.29 is 23.9 Å². The minimum absolute atomic E-state index is 0.0440. The summed E-state index contributed by atoms with van der Waals surface area (Å²) in [4.78, 5) is 40.9. The molecule has 2 rings (SSSR count). The second kappa shape index (κ2) is 10.8. The number of anilines is 1. The second-order valence-corrected chi connectivity index (χ2v) is 8.45. The molecule has 0 saturated heterocycles. The molecule has 0 aliphatic heterocycles. The van der Waals surface area contributed by atoms with Crippen LogP contribution in [0.3, 0.4) is 0 Å². The van der Waals surface area contributed by atoms with Crippen molar-refractivity contribution in [3.63, 3.8) is 0 Å². The van der Waals surface area contributed by atoms with Crippen molar-refractivity contribution in [1.82, 2.24) is 15.6 Å². The monoisotopic (exact) mass is 464 g/mol. The first-order chi connectivity index (χ1) is 14.6. The number of nitrogens with one attached hydrogen (secondary N) is 3. The van der Waals surface area contributed by atoms with E-state index < -0.39 is 23.7 Å². The Bertz CT molecular complexity index is 941. The summed E-state index contributed by atoms with van der Waals surface area (Å²) in [6, 6.07) is 7.44. The van der Waals surface area contributed by atoms with Gasteiger partial charge >= 0.3 is 12.1 Å². The first-order valence-corrected chi connectivity index (χ1v) is 10.7. The van der Waals surface area contributed by atoms with Gasteiger partial charge in [-0.15, -0.1) is 11.3 Å². The Kier molecular flexibility index (Phi) is 8.46. The Hall–Kier alpha value is -3.05. The molecule has 0 fully saturated rings. The van der Waals surface area contributed by atoms with Crippen LogP contribution in [0.1, 0.15) is 49.8 Å². The minimum Gasteiger partial charge on any atom is -0.464 e. The number of ether oxygens (including phenoxy) is 2. The topological polar surface area (TPSA) is 119 Å². The lowest BCUT2D eigenvalue weighted by Crippen LogP contribution is -2.39. The average Bonchev–Trinajstić information content (AvgIpc) is 3.13. The maximum atomic E-state index is 12.3. The number of thiocarbonyl (C=S) groups is 1. The van der Waals surface area contributed by atoms with Crippen molar-refractivity contribution in [3.05, 3.63) is 47.0 Å². The van der Waals surface area contributed by atoms with Gasteiger partial charge in [-0.05, 0) is 52.0 Å². The number of benzene rings is 1. The number of thiazole rings is 1. The third-order valence-electron chi connectivity index (χ3n) is 3.48. The van der Waals surface area contributed by atoms with Crippen LogP contribution in [0.15, 0.2) is 35.7 Å². The number of hydrogen-bond donors (Lipinski definition) is 3. The van der Waals surface area contributed by atoms with Crippen molar-refractivity contribution in [2.45, 2.75) is 39.3 Å². The van der Waals surface area contributed by atoms with Gasteiger partial charge in [0.1, 0.15) is 5.60 Å². The molecule has 1 unspecified atom stereocenters. The lowest BCUT2D eigenvalue weighted by Gasteiger charge is -2.22. The van der Waals surface area contributed by atoms with Crippen LogP contribution in [0, 0.1) is 0 Å². The highest BCUT2D eigenvalue weighted by Gasteiger charge is 2.29. The fourth-order valence-electron chi connectivity index (χ4n) is 2.27. The number of amides is 2. The normalized spacial score (nSPS) is 11.7. The van der Waals surface area contributed by atoms with E-state index in [-0.39, 0.29) is 23.3 Å². The Morgan fingerprint density at radius 2 is 1.87 bits per heavy atom. The molecule has 1 aromatic heterocycles. The van der Waals surface area contributed by atoms with Gasteiger partial charge in [0.05, 0.1) is 12.3 Å². The van der Waals surface area contributed by atoms with Crippen LogP contribution in [-0.4, -0.2) is 40.3 Å². The molecule has 1 aromatic carbocycles. The van der Waals surface area contributed by atoms with Crippen LogP contribution in [-0.2, 0) is 14.3 Å². The average molecular weight is 465 g/mol. The van der Waals surface area contributed by atoms with Crippen LogP contribution in [0.2, 0.25) is 0 Å². The van der Waals surface area contributed by atoms with Crippen LogP contribution in [0.25, 0.3) is 0 Å². The Balaban J connectivity index is 2.06. The zero-order chi connectivity index (χ0) is 23.0. The van der Waals surface area contributed by atoms with E-state index in [2.05, 4.69) is 20.9 Å². The highest BCUT2D eigenvalue weighted by Crippen LogP contribution is 2.22. The molecule has 0 aliphatic carbocycles. The standard InChI is InChI=1S/C20H24N4O5S2/c1-5-28-16(26)14(22-19(27)29-20(2,3)4)13-11-31-18(21-13)24-17(30)23-15(25)12-9-7-6-8-10-12/h6-11,14H,5H2,1-4H3,(H,22,27)(H2,21,23,24,25,30). The molecule has 0 bridgehead atoms. The van der Waals surface area contributed by atoms with E-state index in [0.717, 1.165) is 11.3 Å². The van der Waals surface area contributed by atoms with Crippen LogP contribution < -0.4 is 16.0 Å². The summed E-state index contributed by atoms with van der Waals surface area (Å²) < 4.78 is 10.2. The van der Waals surface area contributed by atoms with Gasteiger partial charge in [-0.1, -0.05) is 18.2 Å². The predicted octanol–water partition coefficient (Wildman–Crippen LogP) is 3.40. The SMILES string of the molecule is CCOC(=O)C(NC(=O)OC(C)(C)C)c1csc(NC(=S)NC(=O)c2ccccc2)n1. The summed E-state index contributed by atoms with van der Waals surface area (Å²) in [5.41, 5.74) is -0.0364. The molecule has 3 N–H and O–H groups in total. The minimum atomic E-state index is -1.16. The van der Waals surface area contributed by atoms with E-state index >= 15 is 0 Å². The number of rotatable bonds is 6. The molecule has 2 aromatic rings. The van der Waals surface area contributed by atoms with E-state index in [0.29, 0.717) is 10.7 Å². The molecule has 0 spiro atoms. The van der Waals surface area contributed by atoms with Gasteiger partial charge in [-0.2, -0.15) is 0 Å². The molecule has 1 heterocycles. The first-order valence-electron chi connectivity index (χ1n) is 9.38. The number of hydrogen-bond acceptors (Lipinski definition) is 8. The molecule has 0 aliphatic rings. The van der Waals surface area contributed by atoms with E-state index in [4.69, 9.17) is 21.7 Å². The van der Waals surface area contributed by atoms with Crippen molar-refractivity contribution in [2.24, 2.45) is 0 Å². The Morgan fingerprint density at radius 3 is 2.48 bits per heavy atom. The van der Waals surface area contributed by atoms with E-state index in [1.54, 1.807) is 63.4 Å². The summed E-state index contributed by atoms with van der Waals surface area (Å²) >= 11 is 6.30. The smallest absolute Gasteiger partial charge is 0.408 e. The third-order valence-corrected chi connectivity index (χ3v) is 4.46. The molecule has 9 nitrogen and oxygen atoms in total. The lowest BCUT2D eigenvalue weighted by molar-refractivity contribution is -0.145. The Labute approximate surface area is 189 Å². The third kappa shape index (κ3) is 7.95. The van der Waals surface area contributed by atoms with Crippen LogP contribution >= 0.6 is 23.6 Å². The number of carbonyl (C=O) groups excluding carboxylic acids is 3. The van der Waals surface area contributed by atoms with Gasteiger partial charge in [0.25, 0.3) is 5.91 Å². The van der Waals surface area contributed by atoms with Crippen LogP contribution in [0.5, 0.6) is 0 Å². The van der Waals surface area contributed by atoms with Gasteiger partial charge in [0.2, 0.25) is 0 Å². The van der Waals surface area contributed by atoms with Crippen molar-refractivity contribution in [3.8, 4) is 0 Å². The first kappa shape index (κ1) is 24.2. The summed E-state index contributed by atoms with van der Waals surface area (Å²) in [5, 5.41) is 9.76. The van der Waals surface area contributed by atoms with Crippen molar-refractivity contribution in [1.29, 1.82) is 0 Å². The van der Waals surface area contributed by atoms with Gasteiger partial charge < -0.3 is 20.1 Å². The number of aromatic nitrogens is 1. The number of esters is 1. The van der Waals surface area contributed by atoms with E-state index in [1.807, 2.05) is 0 Å². The maximum Gasteiger partial charge on any atom is 0.408 e. The summed E-state index contributed by atoms with van der Waals surface area (Å²) in [6.45, 7) is 6.92. The zero-order valence-corrected chi connectivity index (χ0v) is 19.2. The second-order valence-electron chi connectivity index (χ2n) is 7.18. The highest BCUT2D eigenvalue weighted by molar-refractivity contribution is 7.80. The highest BCUT2D eigenvalue weighted by atomic mass is 32.1. The molecule has 1 atom stereocenters. The van der Waals surface area contributed by atoms with E-state index in [9.17, 15) is 14.4 Å². The predicted molar refractivity (Wildman–Crippen MR) is 121 cm³/mol. The van der Waals surface area contributed by atoms with E-state index in [1.165, 1.54) is 0 Å². The molecule has 0 radical (unpaired) electrons. The zero-order valence-electron chi connectivity index (χ0n) is 17.6. The largest absolute Gasteiger partial charge is 0.464 e. The van der Waals surface area contributed by atoms with Gasteiger partial charge in [0, 0.05) is 10.9 Å². The lowest BCUT2D eigenvalue weighted by atomic mass is 10.2. The summed E-state index contributed by atoms with van der Waals surface area (Å²) in [7, 11) is 0. The number of carbonyl (C=O) groups is 3. The van der Waals surface area contributed by atoms with Crippen molar-refractivity contribution in [2.75, 3.05) is 11.9 Å². The molecule has 166 valence electrons. The number of nitrogens with zero attached hydrogens (tertiary/aromatic N) is 1. The molecular formula is C20H24N4O5S2. The summed E-state index contributed by atoms with van der Waals surface area (Å²) in [5.74, 6) is -1.05. The molecule has 2 amide bonds. The van der Waals surface area contributed by atoms with Crippen LogP contribution in [0.4, 0.5) is 9.93 Å². The van der Waals surface area contributed by atoms with Gasteiger partial charge in [0.15, 0.2) is 16.3 Å². The number of alkyl carbamates (subject to hydrolysis) is 1. The summed E-state index contributed by atoms with van der Waals surface area (Å²) in [6.07, 6.45) is -0.779. The fourth-order valence-corrected chi connectivity index (χ4v) is 3.27. The molecule has 31 heavy (non-hydrogen) atoms. The van der Waals surface area contributed by atoms with Gasteiger partial charge in [-0.3, -0.25) is 10.1 Å². The van der Waals surface area contributed by atoms with Crippen molar-refractivity contribution >= 4 is 51.8 Å². The Morgan fingerprint density at radius 1 is 1.19 bits per heavy atom. The maximum absolute atomic E-state index is 12.3.